The van der Waals surface area contributed by atoms with Gasteiger partial charge in [-0.25, -0.2) is 5.43 Å². The molecule has 0 saturated carbocycles. The standard InChI is InChI=1S/C18H15N3O2/c1-12-9-16(15-7-2-3-8-17(15)20-12)18(23)21-19-11-13-5-4-6-14(22)10-13/h2-11,22H,1H3,(H,21,23)/b19-11+. The molecule has 0 aliphatic heterocycles. The Morgan fingerprint density at radius 2 is 2.00 bits per heavy atom. The third-order valence-electron chi connectivity index (χ3n) is 3.34. The van der Waals surface area contributed by atoms with Gasteiger partial charge in [0.05, 0.1) is 17.3 Å². The lowest BCUT2D eigenvalue weighted by molar-refractivity contribution is 0.0956. The summed E-state index contributed by atoms with van der Waals surface area (Å²) in [6.45, 7) is 1.85. The van der Waals surface area contributed by atoms with E-state index >= 15 is 0 Å². The molecule has 0 spiro atoms. The number of aromatic hydroxyl groups is 1. The van der Waals surface area contributed by atoms with E-state index < -0.39 is 0 Å². The van der Waals surface area contributed by atoms with E-state index in [0.717, 1.165) is 16.6 Å². The SMILES string of the molecule is Cc1cc(C(=O)N/N=C/c2cccc(O)c2)c2ccccc2n1. The zero-order valence-electron chi connectivity index (χ0n) is 12.5. The molecule has 1 aromatic heterocycles. The molecule has 0 aliphatic carbocycles. The molecule has 0 saturated heterocycles. The molecule has 23 heavy (non-hydrogen) atoms. The number of aromatic nitrogens is 1. The Hall–Kier alpha value is -3.21. The predicted octanol–water partition coefficient (Wildman–Crippen LogP) is 3.01. The Kier molecular flexibility index (Phi) is 4.01. The van der Waals surface area contributed by atoms with Crippen LogP contribution in [-0.2, 0) is 0 Å². The molecule has 1 heterocycles. The highest BCUT2D eigenvalue weighted by Gasteiger charge is 2.10. The first-order chi connectivity index (χ1) is 11.1. The number of amides is 1. The van der Waals surface area contributed by atoms with Gasteiger partial charge in [0.25, 0.3) is 5.91 Å². The number of benzene rings is 2. The van der Waals surface area contributed by atoms with Crippen molar-refractivity contribution >= 4 is 23.0 Å². The fraction of sp³-hybridized carbons (Fsp3) is 0.0556. The Morgan fingerprint density at radius 3 is 2.83 bits per heavy atom. The summed E-state index contributed by atoms with van der Waals surface area (Å²) in [5.41, 5.74) is 5.27. The molecule has 114 valence electrons. The Balaban J connectivity index is 1.84. The molecule has 1 amide bonds. The average molecular weight is 305 g/mol. The molecule has 0 bridgehead atoms. The molecule has 2 aromatic carbocycles. The number of carbonyl (C=O) groups is 1. The van der Waals surface area contributed by atoms with E-state index in [4.69, 9.17) is 0 Å². The number of para-hydroxylation sites is 1. The molecular formula is C18H15N3O2. The molecule has 0 unspecified atom stereocenters. The number of hydrazone groups is 1. The lowest BCUT2D eigenvalue weighted by atomic mass is 10.1. The van der Waals surface area contributed by atoms with Gasteiger partial charge in [0.1, 0.15) is 5.75 Å². The second-order valence-corrected chi connectivity index (χ2v) is 5.12. The van der Waals surface area contributed by atoms with Gasteiger partial charge in [0.2, 0.25) is 0 Å². The number of nitrogens with zero attached hydrogens (tertiary/aromatic N) is 2. The molecule has 3 aromatic rings. The van der Waals surface area contributed by atoms with Crippen molar-refractivity contribution in [1.82, 2.24) is 10.4 Å². The van der Waals surface area contributed by atoms with E-state index in [1.807, 2.05) is 31.2 Å². The molecular weight excluding hydrogens is 290 g/mol. The monoisotopic (exact) mass is 305 g/mol. The Morgan fingerprint density at radius 1 is 1.17 bits per heavy atom. The topological polar surface area (TPSA) is 74.6 Å². The van der Waals surface area contributed by atoms with Crippen molar-refractivity contribution in [3.05, 3.63) is 71.4 Å². The molecule has 5 nitrogen and oxygen atoms in total. The number of phenolic OH excluding ortho intramolecular Hbond substituents is 1. The number of rotatable bonds is 3. The van der Waals surface area contributed by atoms with E-state index in [1.54, 1.807) is 30.3 Å². The van der Waals surface area contributed by atoms with Crippen molar-refractivity contribution < 1.29 is 9.90 Å². The minimum absolute atomic E-state index is 0.149. The number of carbonyl (C=O) groups excluding carboxylic acids is 1. The van der Waals surface area contributed by atoms with E-state index in [2.05, 4.69) is 15.5 Å². The molecule has 0 radical (unpaired) electrons. The second kappa shape index (κ2) is 6.27. The van der Waals surface area contributed by atoms with Gasteiger partial charge in [-0.2, -0.15) is 5.10 Å². The highest BCUT2D eigenvalue weighted by molar-refractivity contribution is 6.06. The summed E-state index contributed by atoms with van der Waals surface area (Å²) >= 11 is 0. The first-order valence-corrected chi connectivity index (χ1v) is 7.12. The van der Waals surface area contributed by atoms with Gasteiger partial charge in [-0.05, 0) is 36.8 Å². The number of hydrogen-bond donors (Lipinski definition) is 2. The van der Waals surface area contributed by atoms with Crippen LogP contribution < -0.4 is 5.43 Å². The largest absolute Gasteiger partial charge is 0.508 e. The highest BCUT2D eigenvalue weighted by Crippen LogP contribution is 2.18. The maximum atomic E-state index is 12.4. The fourth-order valence-electron chi connectivity index (χ4n) is 2.33. The van der Waals surface area contributed by atoms with Gasteiger partial charge >= 0.3 is 0 Å². The van der Waals surface area contributed by atoms with Gasteiger partial charge < -0.3 is 5.11 Å². The van der Waals surface area contributed by atoms with Crippen LogP contribution in [0.25, 0.3) is 10.9 Å². The van der Waals surface area contributed by atoms with Crippen molar-refractivity contribution in [2.45, 2.75) is 6.92 Å². The van der Waals surface area contributed by atoms with Crippen molar-refractivity contribution in [2.75, 3.05) is 0 Å². The molecule has 0 atom stereocenters. The van der Waals surface area contributed by atoms with E-state index in [0.29, 0.717) is 11.1 Å². The summed E-state index contributed by atoms with van der Waals surface area (Å²) in [5, 5.41) is 14.1. The maximum absolute atomic E-state index is 12.4. The average Bonchev–Trinajstić information content (AvgIpc) is 2.54. The third kappa shape index (κ3) is 3.35. The number of phenols is 1. The van der Waals surface area contributed by atoms with Crippen molar-refractivity contribution in [1.29, 1.82) is 0 Å². The van der Waals surface area contributed by atoms with E-state index in [1.165, 1.54) is 6.21 Å². The van der Waals surface area contributed by atoms with Crippen LogP contribution in [0.5, 0.6) is 5.75 Å². The van der Waals surface area contributed by atoms with Crippen molar-refractivity contribution in [3.63, 3.8) is 0 Å². The van der Waals surface area contributed by atoms with Gasteiger partial charge in [0, 0.05) is 11.1 Å². The Labute approximate surface area is 133 Å². The lowest BCUT2D eigenvalue weighted by Crippen LogP contribution is -2.18. The number of pyridine rings is 1. The van der Waals surface area contributed by atoms with Crippen molar-refractivity contribution in [3.8, 4) is 5.75 Å². The molecule has 0 aliphatic rings. The van der Waals surface area contributed by atoms with Crippen LogP contribution in [0, 0.1) is 6.92 Å². The normalized spacial score (nSPS) is 11.0. The van der Waals surface area contributed by atoms with Crippen LogP contribution in [-0.4, -0.2) is 22.2 Å². The molecule has 0 fully saturated rings. The van der Waals surface area contributed by atoms with Crippen LogP contribution in [0.3, 0.4) is 0 Å². The zero-order chi connectivity index (χ0) is 16.2. The summed E-state index contributed by atoms with van der Waals surface area (Å²) in [4.78, 5) is 16.8. The van der Waals surface area contributed by atoms with E-state index in [-0.39, 0.29) is 11.7 Å². The van der Waals surface area contributed by atoms with Crippen molar-refractivity contribution in [2.24, 2.45) is 5.10 Å². The van der Waals surface area contributed by atoms with Gasteiger partial charge in [-0.15, -0.1) is 0 Å². The smallest absolute Gasteiger partial charge is 0.272 e. The summed E-state index contributed by atoms with van der Waals surface area (Å²) in [5.74, 6) is -0.154. The minimum Gasteiger partial charge on any atom is -0.508 e. The molecule has 2 N–H and O–H groups in total. The quantitative estimate of drug-likeness (QED) is 0.577. The molecule has 5 heteroatoms. The lowest BCUT2D eigenvalue weighted by Gasteiger charge is -2.06. The van der Waals surface area contributed by atoms with Crippen LogP contribution in [0.1, 0.15) is 21.6 Å². The molecule has 3 rings (SSSR count). The van der Waals surface area contributed by atoms with Gasteiger partial charge in [-0.1, -0.05) is 30.3 Å². The van der Waals surface area contributed by atoms with Gasteiger partial charge in [0.15, 0.2) is 0 Å². The van der Waals surface area contributed by atoms with Crippen LogP contribution in [0.2, 0.25) is 0 Å². The van der Waals surface area contributed by atoms with Gasteiger partial charge in [-0.3, -0.25) is 9.78 Å². The first kappa shape index (κ1) is 14.7. The highest BCUT2D eigenvalue weighted by atomic mass is 16.3. The van der Waals surface area contributed by atoms with E-state index in [9.17, 15) is 9.90 Å². The van der Waals surface area contributed by atoms with Crippen LogP contribution in [0.15, 0.2) is 59.7 Å². The summed E-state index contributed by atoms with van der Waals surface area (Å²) < 4.78 is 0. The second-order valence-electron chi connectivity index (χ2n) is 5.12. The fourth-order valence-corrected chi connectivity index (χ4v) is 2.33. The maximum Gasteiger partial charge on any atom is 0.272 e. The number of nitrogens with one attached hydrogen (secondary N) is 1. The zero-order valence-corrected chi connectivity index (χ0v) is 12.5. The predicted molar refractivity (Wildman–Crippen MR) is 89.6 cm³/mol. The number of fused-ring (bicyclic) bond motifs is 1. The van der Waals surface area contributed by atoms with Crippen LogP contribution in [0.4, 0.5) is 0 Å². The number of aryl methyl sites for hydroxylation is 1. The summed E-state index contributed by atoms with van der Waals surface area (Å²) in [6, 6.07) is 15.8. The first-order valence-electron chi connectivity index (χ1n) is 7.12. The summed E-state index contributed by atoms with van der Waals surface area (Å²) in [7, 11) is 0. The number of hydrogen-bond acceptors (Lipinski definition) is 4. The Bertz CT molecular complexity index is 904. The van der Waals surface area contributed by atoms with Crippen LogP contribution >= 0.6 is 0 Å². The minimum atomic E-state index is -0.303. The summed E-state index contributed by atoms with van der Waals surface area (Å²) in [6.07, 6.45) is 1.48. The third-order valence-corrected chi connectivity index (χ3v) is 3.34.